The van der Waals surface area contributed by atoms with Gasteiger partial charge in [-0.15, -0.1) is 0 Å². The van der Waals surface area contributed by atoms with Crippen LogP contribution in [0.25, 0.3) is 0 Å². The largest absolute Gasteiger partial charge is 0.396 e. The molecule has 1 unspecified atom stereocenters. The monoisotopic (exact) mass is 345 g/mol. The maximum atomic E-state index is 10.3. The lowest BCUT2D eigenvalue weighted by molar-refractivity contribution is 0.138. The first-order valence-electron chi connectivity index (χ1n) is 7.78. The number of nitrogens with two attached hydrogens (primary N) is 1. The van der Waals surface area contributed by atoms with Crippen LogP contribution >= 0.6 is 23.2 Å². The predicted molar refractivity (Wildman–Crippen MR) is 93.6 cm³/mol. The lowest BCUT2D eigenvalue weighted by Gasteiger charge is -2.35. The highest BCUT2D eigenvalue weighted by molar-refractivity contribution is 6.38. The molecule has 1 aliphatic rings. The highest BCUT2D eigenvalue weighted by Crippen LogP contribution is 2.31. The zero-order chi connectivity index (χ0) is 16.3. The maximum Gasteiger partial charge on any atom is 0.0915 e. The van der Waals surface area contributed by atoms with Crippen molar-refractivity contribution in [3.63, 3.8) is 0 Å². The average molecular weight is 346 g/mol. The van der Waals surface area contributed by atoms with Crippen LogP contribution in [0.5, 0.6) is 0 Å². The molecule has 0 aromatic heterocycles. The average Bonchev–Trinajstić information content (AvgIpc) is 2.50. The number of aliphatic hydroxyl groups is 1. The minimum Gasteiger partial charge on any atom is -0.396 e. The number of anilines is 1. The van der Waals surface area contributed by atoms with E-state index in [0.717, 1.165) is 25.9 Å². The molecule has 4 N–H and O–H groups in total. The van der Waals surface area contributed by atoms with Gasteiger partial charge >= 0.3 is 0 Å². The van der Waals surface area contributed by atoms with E-state index in [-0.39, 0.29) is 0 Å². The van der Waals surface area contributed by atoms with E-state index < -0.39 is 6.10 Å². The van der Waals surface area contributed by atoms with E-state index in [4.69, 9.17) is 28.9 Å². The van der Waals surface area contributed by atoms with Gasteiger partial charge in [0.15, 0.2) is 0 Å². The van der Waals surface area contributed by atoms with Gasteiger partial charge in [0.2, 0.25) is 0 Å². The van der Waals surface area contributed by atoms with Crippen LogP contribution in [-0.2, 0) is 0 Å². The predicted octanol–water partition coefficient (Wildman–Crippen LogP) is 3.07. The van der Waals surface area contributed by atoms with Crippen LogP contribution in [0.3, 0.4) is 0 Å². The third kappa shape index (κ3) is 4.49. The van der Waals surface area contributed by atoms with E-state index in [2.05, 4.69) is 24.1 Å². The molecule has 0 radical (unpaired) electrons. The van der Waals surface area contributed by atoms with Crippen LogP contribution in [0.1, 0.15) is 38.4 Å². The second kappa shape index (κ2) is 7.84. The number of hydrogen-bond acceptors (Lipinski definition) is 4. The van der Waals surface area contributed by atoms with Gasteiger partial charge < -0.3 is 21.1 Å². The van der Waals surface area contributed by atoms with Crippen molar-refractivity contribution in [3.8, 4) is 0 Å². The number of likely N-dealkylation sites (tertiary alicyclic amines) is 1. The van der Waals surface area contributed by atoms with Gasteiger partial charge in [-0.25, -0.2) is 0 Å². The topological polar surface area (TPSA) is 61.5 Å². The van der Waals surface area contributed by atoms with Gasteiger partial charge in [-0.1, -0.05) is 23.2 Å². The van der Waals surface area contributed by atoms with Gasteiger partial charge in [-0.2, -0.15) is 0 Å². The van der Waals surface area contributed by atoms with Crippen molar-refractivity contribution in [3.05, 3.63) is 27.7 Å². The molecule has 2 rings (SSSR count). The summed E-state index contributed by atoms with van der Waals surface area (Å²) in [6, 6.07) is 4.41. The molecule has 0 spiro atoms. The Morgan fingerprint density at radius 2 is 1.82 bits per heavy atom. The van der Waals surface area contributed by atoms with Gasteiger partial charge in [-0.05, 0) is 57.5 Å². The number of hydrogen-bond donors (Lipinski definition) is 3. The summed E-state index contributed by atoms with van der Waals surface area (Å²) in [6.45, 7) is 7.15. The summed E-state index contributed by atoms with van der Waals surface area (Å²) in [4.78, 5) is 2.48. The van der Waals surface area contributed by atoms with Crippen molar-refractivity contribution >= 4 is 28.9 Å². The van der Waals surface area contributed by atoms with E-state index in [1.54, 1.807) is 12.1 Å². The SMILES string of the molecule is CC(C)N1CCC(NCC(O)c2cc(Cl)c(N)c(Cl)c2)CC1. The zero-order valence-electron chi connectivity index (χ0n) is 13.1. The number of nitrogen functional groups attached to an aromatic ring is 1. The summed E-state index contributed by atoms with van der Waals surface area (Å²) >= 11 is 12.0. The summed E-state index contributed by atoms with van der Waals surface area (Å²) < 4.78 is 0. The highest BCUT2D eigenvalue weighted by atomic mass is 35.5. The first-order chi connectivity index (χ1) is 10.4. The molecule has 0 saturated carbocycles. The van der Waals surface area contributed by atoms with Crippen molar-refractivity contribution in [2.75, 3.05) is 25.4 Å². The molecule has 1 saturated heterocycles. The number of halogens is 2. The lowest BCUT2D eigenvalue weighted by atomic mass is 10.0. The third-order valence-corrected chi connectivity index (χ3v) is 4.97. The van der Waals surface area contributed by atoms with Crippen LogP contribution in [-0.4, -0.2) is 41.7 Å². The fraction of sp³-hybridized carbons (Fsp3) is 0.625. The molecule has 6 heteroatoms. The molecule has 1 aromatic carbocycles. The summed E-state index contributed by atoms with van der Waals surface area (Å²) in [5, 5.41) is 14.5. The minimum atomic E-state index is -0.640. The summed E-state index contributed by atoms with van der Waals surface area (Å²) in [6.07, 6.45) is 1.57. The molecule has 1 fully saturated rings. The zero-order valence-corrected chi connectivity index (χ0v) is 14.7. The molecule has 0 amide bonds. The Hall–Kier alpha value is -0.520. The quantitative estimate of drug-likeness (QED) is 0.717. The van der Waals surface area contributed by atoms with Crippen LogP contribution in [0.15, 0.2) is 12.1 Å². The van der Waals surface area contributed by atoms with Gasteiger partial charge in [0.1, 0.15) is 0 Å². The molecule has 1 heterocycles. The van der Waals surface area contributed by atoms with Crippen LogP contribution in [0.4, 0.5) is 5.69 Å². The summed E-state index contributed by atoms with van der Waals surface area (Å²) in [7, 11) is 0. The van der Waals surface area contributed by atoms with Gasteiger partial charge in [-0.3, -0.25) is 0 Å². The molecule has 124 valence electrons. The number of aliphatic hydroxyl groups excluding tert-OH is 1. The molecule has 1 atom stereocenters. The number of nitrogens with zero attached hydrogens (tertiary/aromatic N) is 1. The fourth-order valence-electron chi connectivity index (χ4n) is 2.81. The second-order valence-electron chi connectivity index (χ2n) is 6.23. The Balaban J connectivity index is 1.85. The van der Waals surface area contributed by atoms with Crippen molar-refractivity contribution < 1.29 is 5.11 Å². The van der Waals surface area contributed by atoms with Gasteiger partial charge in [0, 0.05) is 18.6 Å². The summed E-state index contributed by atoms with van der Waals surface area (Å²) in [5.74, 6) is 0. The van der Waals surface area contributed by atoms with Crippen molar-refractivity contribution in [2.45, 2.75) is 44.9 Å². The van der Waals surface area contributed by atoms with Crippen molar-refractivity contribution in [1.29, 1.82) is 0 Å². The molecule has 0 bridgehead atoms. The standard InChI is InChI=1S/C16H25Cl2N3O/c1-10(2)21-5-3-12(4-6-21)20-9-15(22)11-7-13(17)16(19)14(18)8-11/h7-8,10,12,15,20,22H,3-6,9,19H2,1-2H3. The number of nitrogens with one attached hydrogen (secondary N) is 1. The van der Waals surface area contributed by atoms with E-state index in [1.807, 2.05) is 0 Å². The fourth-order valence-corrected chi connectivity index (χ4v) is 3.32. The van der Waals surface area contributed by atoms with Crippen molar-refractivity contribution in [2.24, 2.45) is 0 Å². The van der Waals surface area contributed by atoms with Gasteiger partial charge in [0.25, 0.3) is 0 Å². The van der Waals surface area contributed by atoms with Crippen LogP contribution in [0, 0.1) is 0 Å². The van der Waals surface area contributed by atoms with Gasteiger partial charge in [0.05, 0.1) is 21.8 Å². The third-order valence-electron chi connectivity index (χ3n) is 4.35. The van der Waals surface area contributed by atoms with Crippen LogP contribution < -0.4 is 11.1 Å². The highest BCUT2D eigenvalue weighted by Gasteiger charge is 2.21. The number of rotatable bonds is 5. The Morgan fingerprint density at radius 3 is 2.32 bits per heavy atom. The van der Waals surface area contributed by atoms with E-state index in [0.29, 0.717) is 39.9 Å². The first kappa shape index (κ1) is 17.8. The smallest absolute Gasteiger partial charge is 0.0915 e. The van der Waals surface area contributed by atoms with E-state index in [1.165, 1.54) is 0 Å². The Kier molecular flexibility index (Phi) is 6.36. The van der Waals surface area contributed by atoms with Crippen molar-refractivity contribution in [1.82, 2.24) is 10.2 Å². The van der Waals surface area contributed by atoms with E-state index >= 15 is 0 Å². The molecule has 1 aromatic rings. The van der Waals surface area contributed by atoms with E-state index in [9.17, 15) is 5.11 Å². The first-order valence-corrected chi connectivity index (χ1v) is 8.54. The second-order valence-corrected chi connectivity index (χ2v) is 7.04. The number of benzene rings is 1. The van der Waals surface area contributed by atoms with Crippen LogP contribution in [0.2, 0.25) is 10.0 Å². The molecule has 1 aliphatic heterocycles. The Labute approximate surface area is 142 Å². The molecular formula is C16H25Cl2N3O. The Morgan fingerprint density at radius 1 is 1.27 bits per heavy atom. The normalized spacial score (nSPS) is 18.8. The minimum absolute atomic E-state index is 0.355. The molecule has 22 heavy (non-hydrogen) atoms. The Bertz CT molecular complexity index is 479. The number of piperidine rings is 1. The molecule has 0 aliphatic carbocycles. The summed E-state index contributed by atoms with van der Waals surface area (Å²) in [5.41, 5.74) is 6.76. The maximum absolute atomic E-state index is 10.3. The molecular weight excluding hydrogens is 321 g/mol. The molecule has 4 nitrogen and oxygen atoms in total. The lowest BCUT2D eigenvalue weighted by Crippen LogP contribution is -2.45.